The third-order valence-corrected chi connectivity index (χ3v) is 3.96. The van der Waals surface area contributed by atoms with Crippen LogP contribution in [0.4, 0.5) is 0 Å². The van der Waals surface area contributed by atoms with Gasteiger partial charge in [0, 0.05) is 10.4 Å². The Balaban J connectivity index is 2.09. The zero-order valence-corrected chi connectivity index (χ0v) is 12.1. The number of carbonyl (C=O) groups is 1. The molecule has 0 aliphatic rings. The summed E-state index contributed by atoms with van der Waals surface area (Å²) in [4.78, 5) is 12.9. The average Bonchev–Trinajstić information content (AvgIpc) is 2.82. The maximum atomic E-state index is 11.9. The van der Waals surface area contributed by atoms with E-state index in [1.165, 1.54) is 0 Å². The molecular weight excluding hydrogens is 312 g/mol. The Morgan fingerprint density at radius 2 is 1.94 bits per heavy atom. The number of rotatable bonds is 4. The first-order valence-electron chi connectivity index (χ1n) is 5.31. The van der Waals surface area contributed by atoms with E-state index in [9.17, 15) is 4.79 Å². The summed E-state index contributed by atoms with van der Waals surface area (Å²) in [7, 11) is 1.60. The summed E-state index contributed by atoms with van der Waals surface area (Å²) in [5.41, 5.74) is 0.655. The van der Waals surface area contributed by atoms with Gasteiger partial charge in [-0.3, -0.25) is 4.79 Å². The number of allylic oxidation sites excluding steroid dienone is 1. The van der Waals surface area contributed by atoms with E-state index in [1.54, 1.807) is 48.8 Å². The van der Waals surface area contributed by atoms with Crippen LogP contribution < -0.4 is 4.74 Å². The number of methoxy groups -OCH3 is 1. The molecule has 0 saturated carbocycles. The Morgan fingerprint density at radius 3 is 2.50 bits per heavy atom. The smallest absolute Gasteiger partial charge is 0.185 e. The molecule has 2 rings (SSSR count). The monoisotopic (exact) mass is 322 g/mol. The lowest BCUT2D eigenvalue weighted by atomic mass is 10.1. The maximum absolute atomic E-state index is 11.9. The van der Waals surface area contributed by atoms with E-state index >= 15 is 0 Å². The SMILES string of the molecule is COc1ccc(C(=O)/C=C/c2ccc(Br)s2)cc1. The summed E-state index contributed by atoms with van der Waals surface area (Å²) < 4.78 is 6.10. The quantitative estimate of drug-likeness (QED) is 0.615. The molecule has 0 bridgehead atoms. The average molecular weight is 323 g/mol. The minimum Gasteiger partial charge on any atom is -0.497 e. The zero-order chi connectivity index (χ0) is 13.0. The van der Waals surface area contributed by atoms with Crippen LogP contribution in [-0.2, 0) is 0 Å². The Labute approximate surface area is 118 Å². The fourth-order valence-corrected chi connectivity index (χ4v) is 2.75. The number of hydrogen-bond acceptors (Lipinski definition) is 3. The minimum absolute atomic E-state index is 0.0119. The Morgan fingerprint density at radius 1 is 1.22 bits per heavy atom. The number of carbonyl (C=O) groups excluding carboxylic acids is 1. The summed E-state index contributed by atoms with van der Waals surface area (Å²) in [6.07, 6.45) is 3.40. The van der Waals surface area contributed by atoms with Crippen LogP contribution >= 0.6 is 27.3 Å². The lowest BCUT2D eigenvalue weighted by Crippen LogP contribution is -1.93. The lowest BCUT2D eigenvalue weighted by Gasteiger charge is -1.99. The molecule has 0 radical (unpaired) electrons. The highest BCUT2D eigenvalue weighted by atomic mass is 79.9. The molecule has 0 aliphatic carbocycles. The molecule has 0 fully saturated rings. The van der Waals surface area contributed by atoms with Gasteiger partial charge in [0.25, 0.3) is 0 Å². The van der Waals surface area contributed by atoms with Crippen molar-refractivity contribution in [1.82, 2.24) is 0 Å². The van der Waals surface area contributed by atoms with E-state index in [1.807, 2.05) is 18.2 Å². The van der Waals surface area contributed by atoms with Crippen molar-refractivity contribution in [3.8, 4) is 5.75 Å². The van der Waals surface area contributed by atoms with E-state index < -0.39 is 0 Å². The van der Waals surface area contributed by atoms with Crippen molar-refractivity contribution in [2.75, 3.05) is 7.11 Å². The van der Waals surface area contributed by atoms with Crippen LogP contribution in [0.3, 0.4) is 0 Å². The molecule has 0 amide bonds. The van der Waals surface area contributed by atoms with Gasteiger partial charge < -0.3 is 4.74 Å². The third kappa shape index (κ3) is 3.31. The molecule has 18 heavy (non-hydrogen) atoms. The summed E-state index contributed by atoms with van der Waals surface area (Å²) in [5, 5.41) is 0. The van der Waals surface area contributed by atoms with Crippen molar-refractivity contribution in [1.29, 1.82) is 0 Å². The van der Waals surface area contributed by atoms with Crippen molar-refractivity contribution in [2.45, 2.75) is 0 Å². The minimum atomic E-state index is -0.0119. The second-order valence-corrected chi connectivity index (χ2v) is 6.06. The summed E-state index contributed by atoms with van der Waals surface area (Å²) in [5.74, 6) is 0.736. The molecule has 0 aliphatic heterocycles. The second kappa shape index (κ2) is 5.98. The van der Waals surface area contributed by atoms with Crippen LogP contribution in [0.15, 0.2) is 46.3 Å². The van der Waals surface area contributed by atoms with Crippen molar-refractivity contribution >= 4 is 39.1 Å². The largest absolute Gasteiger partial charge is 0.497 e. The van der Waals surface area contributed by atoms with Gasteiger partial charge in [0.1, 0.15) is 5.75 Å². The number of hydrogen-bond donors (Lipinski definition) is 0. The van der Waals surface area contributed by atoms with Crippen LogP contribution in [0, 0.1) is 0 Å². The predicted molar refractivity (Wildman–Crippen MR) is 78.4 cm³/mol. The Kier molecular flexibility index (Phi) is 4.33. The summed E-state index contributed by atoms with van der Waals surface area (Å²) in [6, 6.07) is 11.0. The van der Waals surface area contributed by atoms with E-state index in [0.29, 0.717) is 5.56 Å². The molecule has 2 aromatic rings. The highest BCUT2D eigenvalue weighted by molar-refractivity contribution is 9.11. The molecule has 0 saturated heterocycles. The highest BCUT2D eigenvalue weighted by Crippen LogP contribution is 2.23. The van der Waals surface area contributed by atoms with E-state index in [0.717, 1.165) is 14.4 Å². The Hall–Kier alpha value is -1.39. The van der Waals surface area contributed by atoms with E-state index in [2.05, 4.69) is 15.9 Å². The molecule has 0 atom stereocenters. The fourth-order valence-electron chi connectivity index (χ4n) is 1.43. The van der Waals surface area contributed by atoms with Gasteiger partial charge in [-0.25, -0.2) is 0 Å². The van der Waals surface area contributed by atoms with Gasteiger partial charge in [-0.15, -0.1) is 11.3 Å². The molecule has 0 spiro atoms. The fraction of sp³-hybridized carbons (Fsp3) is 0.0714. The van der Waals surface area contributed by atoms with Crippen LogP contribution in [0.25, 0.3) is 6.08 Å². The number of halogens is 1. The molecule has 92 valence electrons. The standard InChI is InChI=1S/C14H11BrO2S/c1-17-11-4-2-10(3-5-11)13(16)8-6-12-7-9-14(15)18-12/h2-9H,1H3/b8-6+. The first-order chi connectivity index (χ1) is 8.69. The second-order valence-electron chi connectivity index (χ2n) is 3.57. The van der Waals surface area contributed by atoms with Crippen LogP contribution in [0.5, 0.6) is 5.75 Å². The number of thiophene rings is 1. The van der Waals surface area contributed by atoms with Gasteiger partial charge in [0.2, 0.25) is 0 Å². The first-order valence-corrected chi connectivity index (χ1v) is 6.92. The molecule has 0 N–H and O–H groups in total. The highest BCUT2D eigenvalue weighted by Gasteiger charge is 2.02. The van der Waals surface area contributed by atoms with E-state index in [-0.39, 0.29) is 5.78 Å². The Bertz CT molecular complexity index is 570. The molecule has 1 aromatic heterocycles. The molecule has 1 aromatic carbocycles. The normalized spacial score (nSPS) is 10.8. The van der Waals surface area contributed by atoms with E-state index in [4.69, 9.17) is 4.74 Å². The van der Waals surface area contributed by atoms with Gasteiger partial charge in [-0.05, 0) is 64.5 Å². The summed E-state index contributed by atoms with van der Waals surface area (Å²) in [6.45, 7) is 0. The predicted octanol–water partition coefficient (Wildman–Crippen LogP) is 4.42. The maximum Gasteiger partial charge on any atom is 0.185 e. The van der Waals surface area contributed by atoms with Gasteiger partial charge >= 0.3 is 0 Å². The first kappa shape index (κ1) is 13.1. The molecule has 4 heteroatoms. The number of benzene rings is 1. The van der Waals surface area contributed by atoms with Gasteiger partial charge in [0.15, 0.2) is 5.78 Å². The molecular formula is C14H11BrO2S. The molecule has 1 heterocycles. The zero-order valence-electron chi connectivity index (χ0n) is 9.72. The number of ketones is 1. The van der Waals surface area contributed by atoms with Crippen LogP contribution in [0.2, 0.25) is 0 Å². The van der Waals surface area contributed by atoms with Crippen molar-refractivity contribution in [3.63, 3.8) is 0 Å². The van der Waals surface area contributed by atoms with Crippen LogP contribution in [-0.4, -0.2) is 12.9 Å². The molecule has 2 nitrogen and oxygen atoms in total. The lowest BCUT2D eigenvalue weighted by molar-refractivity contribution is 0.104. The van der Waals surface area contributed by atoms with Gasteiger partial charge in [-0.2, -0.15) is 0 Å². The summed E-state index contributed by atoms with van der Waals surface area (Å²) >= 11 is 4.97. The van der Waals surface area contributed by atoms with Crippen LogP contribution in [0.1, 0.15) is 15.2 Å². The van der Waals surface area contributed by atoms with Gasteiger partial charge in [-0.1, -0.05) is 0 Å². The van der Waals surface area contributed by atoms with Gasteiger partial charge in [0.05, 0.1) is 10.9 Å². The molecule has 0 unspecified atom stereocenters. The van der Waals surface area contributed by atoms with Crippen molar-refractivity contribution in [2.24, 2.45) is 0 Å². The van der Waals surface area contributed by atoms with Crippen molar-refractivity contribution in [3.05, 3.63) is 56.7 Å². The third-order valence-electron chi connectivity index (χ3n) is 2.37. The topological polar surface area (TPSA) is 26.3 Å². The van der Waals surface area contributed by atoms with Crippen molar-refractivity contribution < 1.29 is 9.53 Å². The number of ether oxygens (including phenoxy) is 1.